The topological polar surface area (TPSA) is 96.8 Å². The van der Waals surface area contributed by atoms with E-state index in [1.54, 1.807) is 0 Å². The Morgan fingerprint density at radius 1 is 0.556 bits per heavy atom. The molecule has 6 N–H and O–H groups in total. The third-order valence-corrected chi connectivity index (χ3v) is 1.62. The third-order valence-electron chi connectivity index (χ3n) is 1.62. The lowest BCUT2D eigenvalue weighted by molar-refractivity contribution is 0.293. The highest BCUT2D eigenvalue weighted by atomic mass is 16.3. The molecule has 0 saturated heterocycles. The Kier molecular flexibility index (Phi) is 38.3. The molecule has 0 saturated carbocycles. The number of likely N-dealkylation sites (N-methyl/N-ethyl adjacent to an activating group) is 3. The molecule has 6 nitrogen and oxygen atoms in total. The number of rotatable bonds is 9. The zero-order valence-electron chi connectivity index (χ0n) is 12.2. The zero-order chi connectivity index (χ0) is 14.5. The molecule has 0 aromatic carbocycles. The molecule has 0 rings (SSSR count). The Morgan fingerprint density at radius 3 is 0.833 bits per heavy atom. The van der Waals surface area contributed by atoms with Gasteiger partial charge in [-0.2, -0.15) is 0 Å². The molecular weight excluding hydrogens is 234 g/mol. The molecule has 114 valence electrons. The van der Waals surface area contributed by atoms with Gasteiger partial charge in [0.2, 0.25) is 0 Å². The second-order valence-electron chi connectivity index (χ2n) is 3.23. The van der Waals surface area contributed by atoms with Gasteiger partial charge in [0.15, 0.2) is 0 Å². The number of hydrogen-bond donors (Lipinski definition) is 6. The van der Waals surface area contributed by atoms with Gasteiger partial charge in [-0.15, -0.1) is 0 Å². The molecule has 0 amide bonds. The van der Waals surface area contributed by atoms with Gasteiger partial charge in [-0.25, -0.2) is 0 Å². The second-order valence-corrected chi connectivity index (χ2v) is 3.23. The summed E-state index contributed by atoms with van der Waals surface area (Å²) in [6.07, 6.45) is 0. The molecule has 0 unspecified atom stereocenters. The average molecular weight is 267 g/mol. The van der Waals surface area contributed by atoms with Crippen molar-refractivity contribution in [1.82, 2.24) is 16.0 Å². The van der Waals surface area contributed by atoms with E-state index in [0.717, 1.165) is 39.3 Å². The molecule has 0 aromatic rings. The van der Waals surface area contributed by atoms with Crippen LogP contribution in [0.2, 0.25) is 0 Å². The molecule has 0 aliphatic carbocycles. The first kappa shape index (κ1) is 22.9. The number of hydrogen-bond acceptors (Lipinski definition) is 6. The van der Waals surface area contributed by atoms with Crippen LogP contribution in [0.3, 0.4) is 0 Å². The van der Waals surface area contributed by atoms with Crippen LogP contribution in [-0.4, -0.2) is 74.4 Å². The van der Waals surface area contributed by atoms with Crippen molar-refractivity contribution < 1.29 is 15.3 Å². The lowest BCUT2D eigenvalue weighted by atomic mass is 10.6. The minimum atomic E-state index is 0.244. The van der Waals surface area contributed by atoms with Crippen LogP contribution in [0.5, 0.6) is 0 Å². The van der Waals surface area contributed by atoms with E-state index in [-0.39, 0.29) is 19.8 Å². The number of aliphatic hydroxyl groups excluding tert-OH is 3. The van der Waals surface area contributed by atoms with Gasteiger partial charge < -0.3 is 31.3 Å². The van der Waals surface area contributed by atoms with Crippen molar-refractivity contribution in [3.8, 4) is 0 Å². The number of nitrogens with one attached hydrogen (secondary N) is 3. The summed E-state index contributed by atoms with van der Waals surface area (Å²) < 4.78 is 0. The normalized spacial score (nSPS) is 9.00. The Bertz CT molecular complexity index is 77.5. The van der Waals surface area contributed by atoms with Crippen LogP contribution in [-0.2, 0) is 0 Å². The zero-order valence-corrected chi connectivity index (χ0v) is 12.2. The summed E-state index contributed by atoms with van der Waals surface area (Å²) in [6, 6.07) is 0. The molecule has 0 radical (unpaired) electrons. The SMILES string of the molecule is CCNCCO.CCNCCO.CCNCCO. The third kappa shape index (κ3) is 44.7. The molecule has 0 spiro atoms. The van der Waals surface area contributed by atoms with E-state index in [0.29, 0.717) is 0 Å². The fourth-order valence-electron chi connectivity index (χ4n) is 0.768. The summed E-state index contributed by atoms with van der Waals surface area (Å²) >= 11 is 0. The van der Waals surface area contributed by atoms with Gasteiger partial charge in [-0.1, -0.05) is 20.8 Å². The minimum absolute atomic E-state index is 0.244. The highest BCUT2D eigenvalue weighted by Crippen LogP contribution is 1.52. The van der Waals surface area contributed by atoms with Crippen LogP contribution in [0.15, 0.2) is 0 Å². The predicted molar refractivity (Wildman–Crippen MR) is 76.9 cm³/mol. The van der Waals surface area contributed by atoms with Crippen LogP contribution >= 0.6 is 0 Å². The van der Waals surface area contributed by atoms with Crippen molar-refractivity contribution in [2.24, 2.45) is 0 Å². The summed E-state index contributed by atoms with van der Waals surface area (Å²) in [6.45, 7) is 11.8. The quantitative estimate of drug-likeness (QED) is 0.293. The van der Waals surface area contributed by atoms with Gasteiger partial charge in [0.05, 0.1) is 19.8 Å². The fraction of sp³-hybridized carbons (Fsp3) is 1.00. The molecule has 6 heteroatoms. The van der Waals surface area contributed by atoms with Gasteiger partial charge >= 0.3 is 0 Å². The summed E-state index contributed by atoms with van der Waals surface area (Å²) in [5.41, 5.74) is 0. The predicted octanol–water partition coefficient (Wildman–Crippen LogP) is -1.24. The van der Waals surface area contributed by atoms with E-state index in [2.05, 4.69) is 16.0 Å². The van der Waals surface area contributed by atoms with Crippen molar-refractivity contribution >= 4 is 0 Å². The Hall–Kier alpha value is -0.240. The first-order valence-electron chi connectivity index (χ1n) is 6.69. The van der Waals surface area contributed by atoms with E-state index >= 15 is 0 Å². The first-order valence-corrected chi connectivity index (χ1v) is 6.69. The van der Waals surface area contributed by atoms with Crippen molar-refractivity contribution in [3.05, 3.63) is 0 Å². The Morgan fingerprint density at radius 2 is 0.778 bits per heavy atom. The van der Waals surface area contributed by atoms with E-state index < -0.39 is 0 Å². The molecule has 18 heavy (non-hydrogen) atoms. The molecule has 0 heterocycles. The van der Waals surface area contributed by atoms with Crippen molar-refractivity contribution in [2.75, 3.05) is 59.1 Å². The van der Waals surface area contributed by atoms with Crippen molar-refractivity contribution in [1.29, 1.82) is 0 Å². The van der Waals surface area contributed by atoms with Crippen LogP contribution in [0, 0.1) is 0 Å². The van der Waals surface area contributed by atoms with Crippen LogP contribution < -0.4 is 16.0 Å². The smallest absolute Gasteiger partial charge is 0.0555 e. The van der Waals surface area contributed by atoms with Gasteiger partial charge in [0, 0.05) is 19.6 Å². The lowest BCUT2D eigenvalue weighted by Gasteiger charge is -1.91. The van der Waals surface area contributed by atoms with E-state index in [1.165, 1.54) is 0 Å². The van der Waals surface area contributed by atoms with Gasteiger partial charge in [0.1, 0.15) is 0 Å². The van der Waals surface area contributed by atoms with Crippen LogP contribution in [0.25, 0.3) is 0 Å². The van der Waals surface area contributed by atoms with Gasteiger partial charge in [-0.3, -0.25) is 0 Å². The van der Waals surface area contributed by atoms with Gasteiger partial charge in [0.25, 0.3) is 0 Å². The van der Waals surface area contributed by atoms with E-state index in [1.807, 2.05) is 20.8 Å². The first-order chi connectivity index (χ1) is 8.74. The molecule has 0 aromatic heterocycles. The van der Waals surface area contributed by atoms with Crippen LogP contribution in [0.4, 0.5) is 0 Å². The second kappa shape index (κ2) is 30.1. The number of aliphatic hydroxyl groups is 3. The maximum atomic E-state index is 8.13. The highest BCUT2D eigenvalue weighted by Gasteiger charge is 1.73. The van der Waals surface area contributed by atoms with Crippen LogP contribution in [0.1, 0.15) is 20.8 Å². The lowest BCUT2D eigenvalue weighted by Crippen LogP contribution is -2.16. The van der Waals surface area contributed by atoms with E-state index in [4.69, 9.17) is 15.3 Å². The van der Waals surface area contributed by atoms with Gasteiger partial charge in [-0.05, 0) is 19.6 Å². The molecular formula is C12H33N3O3. The maximum Gasteiger partial charge on any atom is 0.0555 e. The molecule has 0 aliphatic heterocycles. The van der Waals surface area contributed by atoms with E-state index in [9.17, 15) is 0 Å². The monoisotopic (exact) mass is 267 g/mol. The summed E-state index contributed by atoms with van der Waals surface area (Å²) in [4.78, 5) is 0. The largest absolute Gasteiger partial charge is 0.395 e. The maximum absolute atomic E-state index is 8.13. The molecule has 0 fully saturated rings. The fourth-order valence-corrected chi connectivity index (χ4v) is 0.768. The summed E-state index contributed by atoms with van der Waals surface area (Å²) in [5.74, 6) is 0. The summed E-state index contributed by atoms with van der Waals surface area (Å²) in [5, 5.41) is 33.2. The summed E-state index contributed by atoms with van der Waals surface area (Å²) in [7, 11) is 0. The molecule has 0 bridgehead atoms. The van der Waals surface area contributed by atoms with Crippen molar-refractivity contribution in [2.45, 2.75) is 20.8 Å². The Balaban J connectivity index is -0.000000187. The molecule has 0 aliphatic rings. The highest BCUT2D eigenvalue weighted by molar-refractivity contribution is 4.36. The van der Waals surface area contributed by atoms with Crippen molar-refractivity contribution in [3.63, 3.8) is 0 Å². The standard InChI is InChI=1S/3C4H11NO/c3*1-2-5-3-4-6/h3*5-6H,2-4H2,1H3. The Labute approximate surface area is 112 Å². The minimum Gasteiger partial charge on any atom is -0.395 e. The average Bonchev–Trinajstić information content (AvgIpc) is 2.42. The molecule has 0 atom stereocenters.